The summed E-state index contributed by atoms with van der Waals surface area (Å²) < 4.78 is 6.98. The molecule has 9 nitrogen and oxygen atoms in total. The molecule has 1 saturated heterocycles. The third-order valence-electron chi connectivity index (χ3n) is 4.37. The van der Waals surface area contributed by atoms with Gasteiger partial charge in [-0.15, -0.1) is 0 Å². The van der Waals surface area contributed by atoms with Gasteiger partial charge in [0.1, 0.15) is 18.3 Å². The molecule has 28 heavy (non-hydrogen) atoms. The summed E-state index contributed by atoms with van der Waals surface area (Å²) in [5, 5.41) is 6.96. The molecule has 1 aliphatic rings. The third-order valence-corrected chi connectivity index (χ3v) is 4.37. The van der Waals surface area contributed by atoms with Crippen LogP contribution in [0.15, 0.2) is 31.0 Å². The summed E-state index contributed by atoms with van der Waals surface area (Å²) in [6.45, 7) is 6.88. The Morgan fingerprint density at radius 2 is 2.14 bits per heavy atom. The molecule has 3 rings (SSSR count). The number of rotatable bonds is 4. The maximum absolute atomic E-state index is 12.5. The molecule has 0 saturated carbocycles. The molecule has 1 atom stereocenters. The van der Waals surface area contributed by atoms with Crippen molar-refractivity contribution in [1.82, 2.24) is 30.0 Å². The zero-order valence-corrected chi connectivity index (χ0v) is 16.5. The monoisotopic (exact) mass is 386 g/mol. The van der Waals surface area contributed by atoms with Crippen LogP contribution in [0.25, 0.3) is 5.82 Å². The van der Waals surface area contributed by atoms with Gasteiger partial charge in [-0.25, -0.2) is 19.4 Å². The Labute approximate surface area is 164 Å². The van der Waals surface area contributed by atoms with Crippen LogP contribution in [-0.2, 0) is 16.1 Å². The van der Waals surface area contributed by atoms with Crippen molar-refractivity contribution in [3.8, 4) is 5.82 Å². The van der Waals surface area contributed by atoms with E-state index in [1.165, 1.54) is 6.33 Å². The van der Waals surface area contributed by atoms with Crippen LogP contribution in [0.3, 0.4) is 0 Å². The number of aromatic nitrogens is 4. The van der Waals surface area contributed by atoms with Gasteiger partial charge in [-0.05, 0) is 45.2 Å². The second-order valence-electron chi connectivity index (χ2n) is 7.85. The van der Waals surface area contributed by atoms with Crippen molar-refractivity contribution in [3.05, 3.63) is 36.5 Å². The first-order valence-electron chi connectivity index (χ1n) is 9.37. The minimum atomic E-state index is -0.544. The number of amides is 2. The van der Waals surface area contributed by atoms with Gasteiger partial charge in [-0.3, -0.25) is 4.79 Å². The van der Waals surface area contributed by atoms with Crippen LogP contribution in [0.1, 0.15) is 39.2 Å². The lowest BCUT2D eigenvalue weighted by Crippen LogP contribution is -2.46. The van der Waals surface area contributed by atoms with E-state index in [9.17, 15) is 9.59 Å². The van der Waals surface area contributed by atoms with Crippen molar-refractivity contribution in [2.24, 2.45) is 5.92 Å². The molecule has 150 valence electrons. The number of pyridine rings is 1. The van der Waals surface area contributed by atoms with E-state index in [-0.39, 0.29) is 17.9 Å². The molecule has 0 unspecified atom stereocenters. The summed E-state index contributed by atoms with van der Waals surface area (Å²) in [7, 11) is 0. The van der Waals surface area contributed by atoms with Crippen LogP contribution in [-0.4, -0.2) is 55.3 Å². The molecular weight excluding hydrogens is 360 g/mol. The van der Waals surface area contributed by atoms with Crippen LogP contribution in [0, 0.1) is 5.92 Å². The van der Waals surface area contributed by atoms with Crippen LogP contribution in [0.5, 0.6) is 0 Å². The Morgan fingerprint density at radius 1 is 1.32 bits per heavy atom. The average Bonchev–Trinajstić information content (AvgIpc) is 3.20. The summed E-state index contributed by atoms with van der Waals surface area (Å²) >= 11 is 0. The number of nitrogens with one attached hydrogen (secondary N) is 1. The normalized spacial score (nSPS) is 17.2. The highest BCUT2D eigenvalue weighted by Crippen LogP contribution is 2.19. The minimum absolute atomic E-state index is 0.0615. The lowest BCUT2D eigenvalue weighted by Gasteiger charge is -2.33. The summed E-state index contributed by atoms with van der Waals surface area (Å²) in [6.07, 6.45) is 5.90. The zero-order chi connectivity index (χ0) is 20.1. The Bertz CT molecular complexity index is 798. The maximum atomic E-state index is 12.5. The van der Waals surface area contributed by atoms with E-state index in [1.807, 2.05) is 32.9 Å². The molecule has 0 aromatic carbocycles. The predicted molar refractivity (Wildman–Crippen MR) is 102 cm³/mol. The van der Waals surface area contributed by atoms with Gasteiger partial charge in [0.25, 0.3) is 0 Å². The molecule has 2 aromatic rings. The van der Waals surface area contributed by atoms with Gasteiger partial charge in [-0.1, -0.05) is 6.07 Å². The second-order valence-corrected chi connectivity index (χ2v) is 7.85. The number of carbonyl (C=O) groups is 2. The van der Waals surface area contributed by atoms with E-state index in [1.54, 1.807) is 22.1 Å². The van der Waals surface area contributed by atoms with Crippen molar-refractivity contribution in [2.75, 3.05) is 13.1 Å². The fraction of sp³-hybridized carbons (Fsp3) is 0.526. The lowest BCUT2D eigenvalue weighted by molar-refractivity contribution is -0.126. The standard InChI is InChI=1S/C19H26N6O3/c1-19(2,3)28-18(27)24-8-4-5-15(11-24)17(26)22-10-14-6-7-16(21-9-14)25-13-20-12-23-25/h6-7,9,12-13,15H,4-5,8,10-11H2,1-3H3,(H,22,26)/t15-/m0/s1. The largest absolute Gasteiger partial charge is 0.444 e. The molecule has 2 aromatic heterocycles. The number of nitrogens with zero attached hydrogens (tertiary/aromatic N) is 5. The van der Waals surface area contributed by atoms with Gasteiger partial charge in [0.05, 0.1) is 5.92 Å². The van der Waals surface area contributed by atoms with Gasteiger partial charge in [0, 0.05) is 25.8 Å². The molecule has 1 fully saturated rings. The van der Waals surface area contributed by atoms with Gasteiger partial charge in [-0.2, -0.15) is 5.10 Å². The van der Waals surface area contributed by atoms with Crippen molar-refractivity contribution in [2.45, 2.75) is 45.8 Å². The third kappa shape index (κ3) is 5.28. The number of hydrogen-bond donors (Lipinski definition) is 1. The first kappa shape index (κ1) is 19.8. The van der Waals surface area contributed by atoms with E-state index in [2.05, 4.69) is 20.4 Å². The number of likely N-dealkylation sites (tertiary alicyclic amines) is 1. The minimum Gasteiger partial charge on any atom is -0.444 e. The second kappa shape index (κ2) is 8.37. The first-order chi connectivity index (χ1) is 13.3. The van der Waals surface area contributed by atoms with Crippen LogP contribution in [0.4, 0.5) is 4.79 Å². The first-order valence-corrected chi connectivity index (χ1v) is 9.37. The molecular formula is C19H26N6O3. The average molecular weight is 386 g/mol. The summed E-state index contributed by atoms with van der Waals surface area (Å²) in [5.41, 5.74) is 0.342. The number of hydrogen-bond acceptors (Lipinski definition) is 6. The highest BCUT2D eigenvalue weighted by atomic mass is 16.6. The molecule has 1 N–H and O–H groups in total. The van der Waals surface area contributed by atoms with Crippen molar-refractivity contribution < 1.29 is 14.3 Å². The van der Waals surface area contributed by atoms with E-state index in [0.717, 1.165) is 18.4 Å². The number of carbonyl (C=O) groups excluding carboxylic acids is 2. The lowest BCUT2D eigenvalue weighted by atomic mass is 9.97. The fourth-order valence-corrected chi connectivity index (χ4v) is 3.00. The van der Waals surface area contributed by atoms with E-state index in [0.29, 0.717) is 25.5 Å². The summed E-state index contributed by atoms with van der Waals surface area (Å²) in [5.74, 6) is 0.366. The van der Waals surface area contributed by atoms with Crippen LogP contribution in [0.2, 0.25) is 0 Å². The SMILES string of the molecule is CC(C)(C)OC(=O)N1CCC[C@H](C(=O)NCc2ccc(-n3cncn3)nc2)C1. The Hall–Kier alpha value is -2.97. The summed E-state index contributed by atoms with van der Waals surface area (Å²) in [4.78, 5) is 34.6. The van der Waals surface area contributed by atoms with E-state index < -0.39 is 5.60 Å². The van der Waals surface area contributed by atoms with Gasteiger partial charge < -0.3 is 15.0 Å². The Morgan fingerprint density at radius 3 is 2.79 bits per heavy atom. The quantitative estimate of drug-likeness (QED) is 0.861. The molecule has 2 amide bonds. The van der Waals surface area contributed by atoms with Crippen molar-refractivity contribution in [3.63, 3.8) is 0 Å². The maximum Gasteiger partial charge on any atom is 0.410 e. The molecule has 9 heteroatoms. The zero-order valence-electron chi connectivity index (χ0n) is 16.5. The molecule has 0 bridgehead atoms. The molecule has 0 aliphatic carbocycles. The molecule has 0 radical (unpaired) electrons. The number of ether oxygens (including phenoxy) is 1. The van der Waals surface area contributed by atoms with Crippen LogP contribution < -0.4 is 5.32 Å². The number of piperidine rings is 1. The van der Waals surface area contributed by atoms with Crippen molar-refractivity contribution >= 4 is 12.0 Å². The highest BCUT2D eigenvalue weighted by molar-refractivity contribution is 5.80. The van der Waals surface area contributed by atoms with Crippen molar-refractivity contribution in [1.29, 1.82) is 0 Å². The van der Waals surface area contributed by atoms with E-state index >= 15 is 0 Å². The molecule has 0 spiro atoms. The van der Waals surface area contributed by atoms with Gasteiger partial charge in [0.15, 0.2) is 5.82 Å². The topological polar surface area (TPSA) is 102 Å². The Kier molecular flexibility index (Phi) is 5.91. The predicted octanol–water partition coefficient (Wildman–Crippen LogP) is 1.93. The van der Waals surface area contributed by atoms with Crippen LogP contribution >= 0.6 is 0 Å². The molecule has 1 aliphatic heterocycles. The fourth-order valence-electron chi connectivity index (χ4n) is 3.00. The van der Waals surface area contributed by atoms with Gasteiger partial charge in [0.2, 0.25) is 5.91 Å². The van der Waals surface area contributed by atoms with E-state index in [4.69, 9.17) is 4.74 Å². The Balaban J connectivity index is 1.51. The highest BCUT2D eigenvalue weighted by Gasteiger charge is 2.30. The van der Waals surface area contributed by atoms with Gasteiger partial charge >= 0.3 is 6.09 Å². The molecule has 3 heterocycles. The smallest absolute Gasteiger partial charge is 0.410 e. The summed E-state index contributed by atoms with van der Waals surface area (Å²) in [6, 6.07) is 3.71.